The van der Waals surface area contributed by atoms with Crippen molar-refractivity contribution >= 4 is 27.3 Å². The van der Waals surface area contributed by atoms with Gasteiger partial charge in [0, 0.05) is 11.7 Å². The first-order valence-electron chi connectivity index (χ1n) is 6.58. The first-order chi connectivity index (χ1) is 9.98. The minimum Gasteiger partial charge on any atom is -0.468 e. The van der Waals surface area contributed by atoms with Crippen LogP contribution in [0.3, 0.4) is 0 Å². The Morgan fingerprint density at radius 1 is 1.33 bits per heavy atom. The number of nitrogens with zero attached hydrogens (tertiary/aromatic N) is 1. The molecule has 0 saturated heterocycles. The third-order valence-corrected chi connectivity index (χ3v) is 5.77. The standard InChI is InChI=1S/C14H15ClN2O3S/c15-13-8-10(16)3-6-14(13)21(18,19)17(11-4-5-11)9-12-2-1-7-20-12/h1-3,6-8,11H,4-5,9,16H2. The van der Waals surface area contributed by atoms with Crippen LogP contribution >= 0.6 is 11.6 Å². The number of hydrogen-bond donors (Lipinski definition) is 1. The molecule has 7 heteroatoms. The Hall–Kier alpha value is -1.50. The summed E-state index contributed by atoms with van der Waals surface area (Å²) in [5.41, 5.74) is 6.05. The summed E-state index contributed by atoms with van der Waals surface area (Å²) in [6.07, 6.45) is 3.24. The summed E-state index contributed by atoms with van der Waals surface area (Å²) < 4.78 is 32.4. The summed E-state index contributed by atoms with van der Waals surface area (Å²) in [7, 11) is -3.68. The van der Waals surface area contributed by atoms with Crippen LogP contribution in [0, 0.1) is 0 Å². The zero-order valence-electron chi connectivity index (χ0n) is 11.2. The van der Waals surface area contributed by atoms with E-state index in [0.29, 0.717) is 11.4 Å². The Morgan fingerprint density at radius 2 is 2.10 bits per heavy atom. The number of nitrogen functional groups attached to an aromatic ring is 1. The van der Waals surface area contributed by atoms with Crippen LogP contribution in [0.15, 0.2) is 45.9 Å². The highest BCUT2D eigenvalue weighted by molar-refractivity contribution is 7.89. The van der Waals surface area contributed by atoms with Crippen molar-refractivity contribution < 1.29 is 12.8 Å². The molecule has 0 bridgehead atoms. The molecule has 21 heavy (non-hydrogen) atoms. The lowest BCUT2D eigenvalue weighted by molar-refractivity contribution is 0.356. The molecule has 0 spiro atoms. The van der Waals surface area contributed by atoms with E-state index in [2.05, 4.69) is 0 Å². The van der Waals surface area contributed by atoms with Gasteiger partial charge in [0.1, 0.15) is 10.7 Å². The van der Waals surface area contributed by atoms with Crippen molar-refractivity contribution in [2.24, 2.45) is 0 Å². The molecule has 0 amide bonds. The number of benzene rings is 1. The number of hydrogen-bond acceptors (Lipinski definition) is 4. The van der Waals surface area contributed by atoms with Gasteiger partial charge in [-0.15, -0.1) is 0 Å². The lowest BCUT2D eigenvalue weighted by atomic mass is 10.3. The van der Waals surface area contributed by atoms with Crippen molar-refractivity contribution in [3.05, 3.63) is 47.4 Å². The molecule has 1 aliphatic rings. The third-order valence-electron chi connectivity index (χ3n) is 3.39. The van der Waals surface area contributed by atoms with Gasteiger partial charge in [0.05, 0.1) is 17.8 Å². The highest BCUT2D eigenvalue weighted by Gasteiger charge is 2.39. The first-order valence-corrected chi connectivity index (χ1v) is 8.39. The molecule has 1 heterocycles. The van der Waals surface area contributed by atoms with Crippen molar-refractivity contribution in [1.29, 1.82) is 0 Å². The summed E-state index contributed by atoms with van der Waals surface area (Å²) >= 11 is 6.06. The maximum Gasteiger partial charge on any atom is 0.245 e. The second kappa shape index (κ2) is 5.36. The van der Waals surface area contributed by atoms with E-state index in [-0.39, 0.29) is 22.5 Å². The Labute approximate surface area is 128 Å². The van der Waals surface area contributed by atoms with Gasteiger partial charge in [-0.1, -0.05) is 11.6 Å². The Balaban J connectivity index is 1.97. The molecular formula is C14H15ClN2O3S. The molecule has 1 fully saturated rings. The fraction of sp³-hybridized carbons (Fsp3) is 0.286. The maximum atomic E-state index is 12.8. The van der Waals surface area contributed by atoms with Gasteiger partial charge in [-0.25, -0.2) is 8.42 Å². The summed E-state index contributed by atoms with van der Waals surface area (Å²) in [6, 6.07) is 7.94. The van der Waals surface area contributed by atoms with Crippen LogP contribution in [0.25, 0.3) is 0 Å². The van der Waals surface area contributed by atoms with E-state index in [1.54, 1.807) is 12.1 Å². The van der Waals surface area contributed by atoms with Gasteiger partial charge in [-0.05, 0) is 43.2 Å². The Morgan fingerprint density at radius 3 is 2.67 bits per heavy atom. The lowest BCUT2D eigenvalue weighted by Crippen LogP contribution is -2.32. The van der Waals surface area contributed by atoms with E-state index in [0.717, 1.165) is 12.8 Å². The third kappa shape index (κ3) is 2.92. The second-order valence-electron chi connectivity index (χ2n) is 5.05. The van der Waals surface area contributed by atoms with E-state index in [4.69, 9.17) is 21.8 Å². The normalized spacial score (nSPS) is 15.5. The number of rotatable bonds is 5. The van der Waals surface area contributed by atoms with E-state index >= 15 is 0 Å². The largest absolute Gasteiger partial charge is 0.468 e. The molecule has 112 valence electrons. The smallest absolute Gasteiger partial charge is 0.245 e. The van der Waals surface area contributed by atoms with Crippen LogP contribution in [0.2, 0.25) is 5.02 Å². The van der Waals surface area contributed by atoms with Crippen LogP contribution in [0.4, 0.5) is 5.69 Å². The SMILES string of the molecule is Nc1ccc(S(=O)(=O)N(Cc2ccco2)C2CC2)c(Cl)c1. The van der Waals surface area contributed by atoms with Gasteiger partial charge in [0.15, 0.2) is 0 Å². The van der Waals surface area contributed by atoms with Crippen molar-refractivity contribution in [3.8, 4) is 0 Å². The van der Waals surface area contributed by atoms with Crippen molar-refractivity contribution in [1.82, 2.24) is 4.31 Å². The molecule has 2 aromatic rings. The molecule has 2 N–H and O–H groups in total. The predicted octanol–water partition coefficient (Wildman–Crippen LogP) is 2.87. The lowest BCUT2D eigenvalue weighted by Gasteiger charge is -2.21. The van der Waals surface area contributed by atoms with Gasteiger partial charge in [0.25, 0.3) is 0 Å². The number of anilines is 1. The van der Waals surface area contributed by atoms with Crippen LogP contribution < -0.4 is 5.73 Å². The average Bonchev–Trinajstić information content (AvgIpc) is 3.11. The summed E-state index contributed by atoms with van der Waals surface area (Å²) in [6.45, 7) is 0.209. The van der Waals surface area contributed by atoms with Gasteiger partial charge in [-0.2, -0.15) is 4.31 Å². The summed E-state index contributed by atoms with van der Waals surface area (Å²) in [4.78, 5) is 0.0804. The molecule has 1 aromatic carbocycles. The monoisotopic (exact) mass is 326 g/mol. The Kier molecular flexibility index (Phi) is 3.69. The highest BCUT2D eigenvalue weighted by atomic mass is 35.5. The van der Waals surface area contributed by atoms with E-state index in [1.807, 2.05) is 0 Å². The van der Waals surface area contributed by atoms with E-state index in [9.17, 15) is 8.42 Å². The quantitative estimate of drug-likeness (QED) is 0.857. The molecule has 1 aliphatic carbocycles. The van der Waals surface area contributed by atoms with Gasteiger partial charge in [-0.3, -0.25) is 0 Å². The second-order valence-corrected chi connectivity index (χ2v) is 7.32. The minimum atomic E-state index is -3.68. The van der Waals surface area contributed by atoms with Crippen LogP contribution in [0.5, 0.6) is 0 Å². The molecule has 0 aliphatic heterocycles. The first kappa shape index (κ1) is 14.4. The van der Waals surface area contributed by atoms with E-state index < -0.39 is 10.0 Å². The van der Waals surface area contributed by atoms with Crippen LogP contribution in [-0.2, 0) is 16.6 Å². The topological polar surface area (TPSA) is 76.5 Å². The van der Waals surface area contributed by atoms with Crippen molar-refractivity contribution in [2.45, 2.75) is 30.3 Å². The Bertz CT molecular complexity index is 740. The van der Waals surface area contributed by atoms with E-state index in [1.165, 1.54) is 28.8 Å². The average molecular weight is 327 g/mol. The molecule has 1 saturated carbocycles. The summed E-state index contributed by atoms with van der Waals surface area (Å²) in [5.74, 6) is 0.608. The highest BCUT2D eigenvalue weighted by Crippen LogP contribution is 2.36. The molecule has 5 nitrogen and oxygen atoms in total. The molecular weight excluding hydrogens is 312 g/mol. The van der Waals surface area contributed by atoms with Gasteiger partial charge in [0.2, 0.25) is 10.0 Å². The number of furan rings is 1. The fourth-order valence-electron chi connectivity index (χ4n) is 2.18. The predicted molar refractivity (Wildman–Crippen MR) is 80.3 cm³/mol. The molecule has 0 radical (unpaired) electrons. The number of sulfonamides is 1. The zero-order valence-corrected chi connectivity index (χ0v) is 12.8. The molecule has 0 atom stereocenters. The van der Waals surface area contributed by atoms with Crippen LogP contribution in [-0.4, -0.2) is 18.8 Å². The molecule has 3 rings (SSSR count). The number of halogens is 1. The molecule has 0 unspecified atom stereocenters. The maximum absolute atomic E-state index is 12.8. The fourth-order valence-corrected chi connectivity index (χ4v) is 4.36. The number of nitrogens with two attached hydrogens (primary N) is 1. The van der Waals surface area contributed by atoms with Gasteiger partial charge < -0.3 is 10.2 Å². The van der Waals surface area contributed by atoms with Crippen molar-refractivity contribution in [3.63, 3.8) is 0 Å². The molecule has 1 aromatic heterocycles. The summed E-state index contributed by atoms with van der Waals surface area (Å²) in [5, 5.41) is 0.139. The zero-order chi connectivity index (χ0) is 15.0. The van der Waals surface area contributed by atoms with Gasteiger partial charge >= 0.3 is 0 Å². The van der Waals surface area contributed by atoms with Crippen LogP contribution in [0.1, 0.15) is 18.6 Å². The van der Waals surface area contributed by atoms with Crippen molar-refractivity contribution in [2.75, 3.05) is 5.73 Å². The minimum absolute atomic E-state index is 0.00807.